The van der Waals surface area contributed by atoms with E-state index in [2.05, 4.69) is 10.3 Å². The Hall–Kier alpha value is -0.850. The number of hydrogen-bond acceptors (Lipinski definition) is 6. The molecule has 1 aromatic rings. The quantitative estimate of drug-likeness (QED) is 0.512. The van der Waals surface area contributed by atoms with Crippen molar-refractivity contribution in [2.75, 3.05) is 24.2 Å². The highest BCUT2D eigenvalue weighted by molar-refractivity contribution is 7.19. The molecule has 0 amide bonds. The number of anilines is 2. The molecule has 0 radical (unpaired) electrons. The van der Waals surface area contributed by atoms with Crippen LogP contribution in [-0.4, -0.2) is 34.5 Å². The molecule has 1 unspecified atom stereocenters. The smallest absolute Gasteiger partial charge is 0.184 e. The predicted octanol–water partition coefficient (Wildman–Crippen LogP) is -0.510. The van der Waals surface area contributed by atoms with Crippen molar-refractivity contribution >= 4 is 21.5 Å². The predicted molar refractivity (Wildman–Crippen MR) is 48.1 cm³/mol. The van der Waals surface area contributed by atoms with Gasteiger partial charge in [-0.05, 0) is 0 Å². The third-order valence-corrected chi connectivity index (χ3v) is 2.01. The molecule has 12 heavy (non-hydrogen) atoms. The van der Waals surface area contributed by atoms with E-state index < -0.39 is 6.10 Å². The van der Waals surface area contributed by atoms with Gasteiger partial charge in [-0.3, -0.25) is 0 Å². The molecule has 0 saturated carbocycles. The number of nitrogen functional groups attached to an aromatic ring is 1. The van der Waals surface area contributed by atoms with Gasteiger partial charge in [-0.2, -0.15) is 0 Å². The Kier molecular flexibility index (Phi) is 3.27. The molecule has 0 spiro atoms. The molecule has 1 rings (SSSR count). The molecule has 68 valence electrons. The number of aliphatic hydroxyl groups is 2. The molecule has 0 aromatic carbocycles. The van der Waals surface area contributed by atoms with Crippen LogP contribution in [0.25, 0.3) is 0 Å². The third-order valence-electron chi connectivity index (χ3n) is 1.22. The number of thiazole rings is 1. The molecule has 0 aliphatic carbocycles. The number of rotatable bonds is 4. The zero-order valence-electron chi connectivity index (χ0n) is 6.40. The molecule has 1 atom stereocenters. The summed E-state index contributed by atoms with van der Waals surface area (Å²) < 4.78 is 0. The van der Waals surface area contributed by atoms with E-state index in [1.165, 1.54) is 11.3 Å². The topological polar surface area (TPSA) is 91.4 Å². The maximum Gasteiger partial charge on any atom is 0.184 e. The van der Waals surface area contributed by atoms with Gasteiger partial charge in [0.15, 0.2) is 5.13 Å². The second-order valence-corrected chi connectivity index (χ2v) is 3.35. The van der Waals surface area contributed by atoms with E-state index in [-0.39, 0.29) is 13.2 Å². The summed E-state index contributed by atoms with van der Waals surface area (Å²) in [6.45, 7) is 0.0251. The summed E-state index contributed by atoms with van der Waals surface area (Å²) in [6, 6.07) is 0. The number of hydrogen-bond donors (Lipinski definition) is 4. The first kappa shape index (κ1) is 9.24. The number of nitrogens with one attached hydrogen (secondary N) is 1. The number of nitrogens with two attached hydrogens (primary N) is 1. The maximum atomic E-state index is 8.96. The Labute approximate surface area is 73.9 Å². The van der Waals surface area contributed by atoms with Crippen LogP contribution >= 0.6 is 11.3 Å². The van der Waals surface area contributed by atoms with Crippen LogP contribution in [0, 0.1) is 0 Å². The van der Waals surface area contributed by atoms with Gasteiger partial charge in [-0.1, -0.05) is 11.3 Å². The first-order chi connectivity index (χ1) is 5.72. The van der Waals surface area contributed by atoms with Gasteiger partial charge in [0.2, 0.25) is 0 Å². The average molecular weight is 189 g/mol. The van der Waals surface area contributed by atoms with Crippen molar-refractivity contribution in [3.8, 4) is 0 Å². The Morgan fingerprint density at radius 1 is 1.75 bits per heavy atom. The van der Waals surface area contributed by atoms with Crippen LogP contribution in [0.15, 0.2) is 6.20 Å². The van der Waals surface area contributed by atoms with E-state index in [1.807, 2.05) is 0 Å². The van der Waals surface area contributed by atoms with Gasteiger partial charge in [0.25, 0.3) is 0 Å². The second-order valence-electron chi connectivity index (χ2n) is 2.29. The summed E-state index contributed by atoms with van der Waals surface area (Å²) in [6.07, 6.45) is 0.785. The van der Waals surface area contributed by atoms with Crippen molar-refractivity contribution in [1.82, 2.24) is 4.98 Å². The first-order valence-corrected chi connectivity index (χ1v) is 4.28. The fraction of sp³-hybridized carbons (Fsp3) is 0.500. The van der Waals surface area contributed by atoms with Crippen LogP contribution in [-0.2, 0) is 0 Å². The highest BCUT2D eigenvalue weighted by Gasteiger charge is 2.02. The maximum absolute atomic E-state index is 8.96. The Morgan fingerprint density at radius 2 is 2.50 bits per heavy atom. The van der Waals surface area contributed by atoms with E-state index in [1.54, 1.807) is 6.20 Å². The lowest BCUT2D eigenvalue weighted by Gasteiger charge is -2.06. The van der Waals surface area contributed by atoms with E-state index >= 15 is 0 Å². The number of nitrogens with zero attached hydrogens (tertiary/aromatic N) is 1. The van der Waals surface area contributed by atoms with Gasteiger partial charge < -0.3 is 21.3 Å². The van der Waals surface area contributed by atoms with Crippen LogP contribution in [0.3, 0.4) is 0 Å². The largest absolute Gasteiger partial charge is 0.394 e. The SMILES string of the molecule is Nc1cnc(NCC(O)CO)s1. The zero-order valence-corrected chi connectivity index (χ0v) is 7.21. The fourth-order valence-electron chi connectivity index (χ4n) is 0.638. The van der Waals surface area contributed by atoms with Crippen LogP contribution < -0.4 is 11.1 Å². The highest BCUT2D eigenvalue weighted by Crippen LogP contribution is 2.18. The molecule has 5 nitrogen and oxygen atoms in total. The Balaban J connectivity index is 2.33. The lowest BCUT2D eigenvalue weighted by Crippen LogP contribution is -2.22. The number of aliphatic hydroxyl groups excluding tert-OH is 2. The normalized spacial score (nSPS) is 12.8. The Bertz CT molecular complexity index is 240. The van der Waals surface area contributed by atoms with Gasteiger partial charge in [-0.25, -0.2) is 4.98 Å². The van der Waals surface area contributed by atoms with Crippen molar-refractivity contribution in [1.29, 1.82) is 0 Å². The van der Waals surface area contributed by atoms with E-state index in [9.17, 15) is 0 Å². The molecule has 1 aromatic heterocycles. The molecule has 6 heteroatoms. The fourth-order valence-corrected chi connectivity index (χ4v) is 1.23. The molecule has 0 bridgehead atoms. The minimum absolute atomic E-state index is 0.256. The lowest BCUT2D eigenvalue weighted by molar-refractivity contribution is 0.105. The van der Waals surface area contributed by atoms with E-state index in [0.717, 1.165) is 0 Å². The zero-order chi connectivity index (χ0) is 8.97. The third kappa shape index (κ3) is 2.65. The molecule has 0 aliphatic heterocycles. The average Bonchev–Trinajstić information content (AvgIpc) is 2.47. The van der Waals surface area contributed by atoms with Crippen molar-refractivity contribution in [3.63, 3.8) is 0 Å². The Morgan fingerprint density at radius 3 is 3.00 bits per heavy atom. The standard InChI is InChI=1S/C6H11N3O2S/c7-5-2-9-6(12-5)8-1-4(11)3-10/h2,4,10-11H,1,3,7H2,(H,8,9). The van der Waals surface area contributed by atoms with Crippen LogP contribution in [0.4, 0.5) is 10.1 Å². The van der Waals surface area contributed by atoms with E-state index in [4.69, 9.17) is 15.9 Å². The van der Waals surface area contributed by atoms with Crippen molar-refractivity contribution in [2.45, 2.75) is 6.10 Å². The molecule has 0 aliphatic rings. The number of aromatic nitrogens is 1. The lowest BCUT2D eigenvalue weighted by atomic mass is 10.4. The van der Waals surface area contributed by atoms with E-state index in [0.29, 0.717) is 10.1 Å². The second kappa shape index (κ2) is 4.24. The van der Waals surface area contributed by atoms with Crippen LogP contribution in [0.2, 0.25) is 0 Å². The van der Waals surface area contributed by atoms with Gasteiger partial charge in [-0.15, -0.1) is 0 Å². The summed E-state index contributed by atoms with van der Waals surface area (Å²) in [4.78, 5) is 3.91. The monoisotopic (exact) mass is 189 g/mol. The molecule has 0 saturated heterocycles. The molecule has 1 heterocycles. The minimum atomic E-state index is -0.755. The van der Waals surface area contributed by atoms with Crippen molar-refractivity contribution in [2.24, 2.45) is 0 Å². The van der Waals surface area contributed by atoms with Crippen LogP contribution in [0.1, 0.15) is 0 Å². The van der Waals surface area contributed by atoms with Gasteiger partial charge >= 0.3 is 0 Å². The highest BCUT2D eigenvalue weighted by atomic mass is 32.1. The summed E-state index contributed by atoms with van der Waals surface area (Å²) >= 11 is 1.30. The molecule has 0 fully saturated rings. The molecule has 5 N–H and O–H groups in total. The molecular formula is C6H11N3O2S. The van der Waals surface area contributed by atoms with Gasteiger partial charge in [0.05, 0.1) is 18.9 Å². The van der Waals surface area contributed by atoms with Crippen molar-refractivity contribution < 1.29 is 10.2 Å². The first-order valence-electron chi connectivity index (χ1n) is 3.46. The molecular weight excluding hydrogens is 178 g/mol. The summed E-state index contributed by atoms with van der Waals surface area (Å²) in [7, 11) is 0. The van der Waals surface area contributed by atoms with Gasteiger partial charge in [0, 0.05) is 6.54 Å². The van der Waals surface area contributed by atoms with Gasteiger partial charge in [0.1, 0.15) is 5.00 Å². The summed E-state index contributed by atoms with van der Waals surface area (Å²) in [5.74, 6) is 0. The minimum Gasteiger partial charge on any atom is -0.394 e. The summed E-state index contributed by atoms with van der Waals surface area (Å²) in [5.41, 5.74) is 5.42. The summed E-state index contributed by atoms with van der Waals surface area (Å²) in [5, 5.41) is 21.6. The van der Waals surface area contributed by atoms with Crippen LogP contribution in [0.5, 0.6) is 0 Å². The van der Waals surface area contributed by atoms with Crippen molar-refractivity contribution in [3.05, 3.63) is 6.20 Å².